The molecule has 2 aromatic rings. The van der Waals surface area contributed by atoms with Crippen molar-refractivity contribution in [1.82, 2.24) is 9.38 Å². The standard InChI is InChI=1S/C8H6BFN2.C6H14O2/c1-5-3-12-4-6(9)2-7(10)8(12)11-5;1-5(2,7)6(3,4)8/h2-4H,1H3;7-8H,1-4H3. The van der Waals surface area contributed by atoms with E-state index in [0.29, 0.717) is 11.1 Å². The van der Waals surface area contributed by atoms with Crippen LogP contribution in [0.4, 0.5) is 4.39 Å². The van der Waals surface area contributed by atoms with Gasteiger partial charge >= 0.3 is 0 Å². The van der Waals surface area contributed by atoms with Crippen molar-refractivity contribution in [3.05, 3.63) is 30.0 Å². The number of aliphatic hydroxyl groups is 2. The predicted molar refractivity (Wildman–Crippen MR) is 77.9 cm³/mol. The highest BCUT2D eigenvalue weighted by Gasteiger charge is 2.31. The molecule has 0 saturated carbocycles. The number of fused-ring (bicyclic) bond motifs is 1. The second-order valence-electron chi connectivity index (χ2n) is 5.85. The molecule has 2 radical (unpaired) electrons. The van der Waals surface area contributed by atoms with Crippen molar-refractivity contribution in [2.24, 2.45) is 0 Å². The Hall–Kier alpha value is -1.40. The molecule has 0 saturated heterocycles. The molecule has 2 aromatic heterocycles. The molecule has 6 heteroatoms. The lowest BCUT2D eigenvalue weighted by Crippen LogP contribution is -2.44. The van der Waals surface area contributed by atoms with Crippen LogP contribution in [0, 0.1) is 12.7 Å². The van der Waals surface area contributed by atoms with Crippen molar-refractivity contribution in [2.75, 3.05) is 0 Å². The second kappa shape index (κ2) is 5.54. The Labute approximate surface area is 119 Å². The maximum atomic E-state index is 13.1. The molecule has 2 N–H and O–H groups in total. The molecule has 0 amide bonds. The Kier molecular flexibility index (Phi) is 4.61. The van der Waals surface area contributed by atoms with Crippen molar-refractivity contribution in [1.29, 1.82) is 0 Å². The normalized spacial score (nSPS) is 12.2. The lowest BCUT2D eigenvalue weighted by molar-refractivity contribution is -0.107. The summed E-state index contributed by atoms with van der Waals surface area (Å²) in [6, 6.07) is 1.27. The summed E-state index contributed by atoms with van der Waals surface area (Å²) in [5, 5.41) is 18.2. The van der Waals surface area contributed by atoms with Crippen LogP contribution in [-0.4, -0.2) is 38.6 Å². The number of nitrogens with zero attached hydrogens (tertiary/aromatic N) is 2. The summed E-state index contributed by atoms with van der Waals surface area (Å²) in [6.45, 7) is 8.11. The maximum Gasteiger partial charge on any atom is 0.173 e. The Morgan fingerprint density at radius 2 is 1.65 bits per heavy atom. The van der Waals surface area contributed by atoms with Gasteiger partial charge in [0.05, 0.1) is 16.9 Å². The maximum absolute atomic E-state index is 13.1. The van der Waals surface area contributed by atoms with Gasteiger partial charge in [0, 0.05) is 12.4 Å². The first-order valence-corrected chi connectivity index (χ1v) is 6.27. The van der Waals surface area contributed by atoms with E-state index in [2.05, 4.69) is 4.98 Å². The summed E-state index contributed by atoms with van der Waals surface area (Å²) in [4.78, 5) is 3.99. The van der Waals surface area contributed by atoms with Gasteiger partial charge in [-0.1, -0.05) is 5.46 Å². The number of rotatable bonds is 1. The first-order chi connectivity index (χ1) is 8.91. The SMILES string of the molecule is CC(C)(O)C(C)(C)O.[B]c1cc(F)c2nc(C)cn2c1. The van der Waals surface area contributed by atoms with Gasteiger partial charge in [0.2, 0.25) is 0 Å². The first-order valence-electron chi connectivity index (χ1n) is 6.27. The highest BCUT2D eigenvalue weighted by Crippen LogP contribution is 2.19. The molecular weight excluding hydrogens is 258 g/mol. The molecule has 0 aliphatic carbocycles. The van der Waals surface area contributed by atoms with E-state index in [-0.39, 0.29) is 5.82 Å². The number of hydrogen-bond donors (Lipinski definition) is 2. The molecule has 2 heterocycles. The fourth-order valence-corrected chi connectivity index (χ4v) is 1.20. The average Bonchev–Trinajstić information content (AvgIpc) is 2.56. The minimum absolute atomic E-state index is 0.321. The van der Waals surface area contributed by atoms with Crippen LogP contribution in [0.3, 0.4) is 0 Å². The number of aryl methyl sites for hydroxylation is 1. The molecule has 0 atom stereocenters. The zero-order valence-electron chi connectivity index (χ0n) is 12.5. The smallest absolute Gasteiger partial charge is 0.173 e. The van der Waals surface area contributed by atoms with Gasteiger partial charge in [0.25, 0.3) is 0 Å². The zero-order chi connectivity index (χ0) is 15.7. The molecule has 0 fully saturated rings. The second-order valence-corrected chi connectivity index (χ2v) is 5.85. The molecular formula is C14H20BFN2O2. The molecule has 108 valence electrons. The van der Waals surface area contributed by atoms with Gasteiger partial charge in [0.15, 0.2) is 11.5 Å². The minimum atomic E-state index is -1.01. The summed E-state index contributed by atoms with van der Waals surface area (Å²) in [5.74, 6) is -0.386. The lowest BCUT2D eigenvalue weighted by atomic mass is 9.90. The van der Waals surface area contributed by atoms with E-state index in [9.17, 15) is 4.39 Å². The fourth-order valence-electron chi connectivity index (χ4n) is 1.20. The monoisotopic (exact) mass is 278 g/mol. The number of imidazole rings is 1. The van der Waals surface area contributed by atoms with Gasteiger partial charge in [-0.25, -0.2) is 9.37 Å². The quantitative estimate of drug-likeness (QED) is 0.768. The van der Waals surface area contributed by atoms with Gasteiger partial charge in [-0.2, -0.15) is 0 Å². The number of pyridine rings is 1. The molecule has 0 unspecified atom stereocenters. The van der Waals surface area contributed by atoms with Crippen molar-refractivity contribution in [3.8, 4) is 0 Å². The summed E-state index contributed by atoms with van der Waals surface area (Å²) < 4.78 is 14.7. The summed E-state index contributed by atoms with van der Waals surface area (Å²) >= 11 is 0. The van der Waals surface area contributed by atoms with E-state index in [1.165, 1.54) is 6.07 Å². The molecule has 20 heavy (non-hydrogen) atoms. The van der Waals surface area contributed by atoms with Crippen LogP contribution in [0.15, 0.2) is 18.5 Å². The predicted octanol–water partition coefficient (Wildman–Crippen LogP) is 1.10. The Morgan fingerprint density at radius 1 is 1.15 bits per heavy atom. The molecule has 0 aliphatic heterocycles. The van der Waals surface area contributed by atoms with Crippen LogP contribution in [0.25, 0.3) is 5.65 Å². The molecule has 2 rings (SSSR count). The number of aromatic nitrogens is 2. The molecule has 4 nitrogen and oxygen atoms in total. The van der Waals surface area contributed by atoms with Gasteiger partial charge in [-0.15, -0.1) is 0 Å². The van der Waals surface area contributed by atoms with Gasteiger partial charge in [-0.05, 0) is 40.7 Å². The lowest BCUT2D eigenvalue weighted by Gasteiger charge is -2.31. The first kappa shape index (κ1) is 16.7. The highest BCUT2D eigenvalue weighted by atomic mass is 19.1. The van der Waals surface area contributed by atoms with E-state index < -0.39 is 11.2 Å². The summed E-state index contributed by atoms with van der Waals surface area (Å²) in [5.41, 5.74) is -0.515. The van der Waals surface area contributed by atoms with E-state index in [4.69, 9.17) is 18.1 Å². The highest BCUT2D eigenvalue weighted by molar-refractivity contribution is 6.32. The van der Waals surface area contributed by atoms with Gasteiger partial charge in [-0.3, -0.25) is 0 Å². The van der Waals surface area contributed by atoms with E-state index in [0.717, 1.165) is 5.69 Å². The third-order valence-corrected chi connectivity index (χ3v) is 3.15. The van der Waals surface area contributed by atoms with E-state index in [1.54, 1.807) is 44.5 Å². The zero-order valence-corrected chi connectivity index (χ0v) is 12.5. The Bertz CT molecular complexity index is 585. The Balaban J connectivity index is 0.000000221. The van der Waals surface area contributed by atoms with Crippen molar-refractivity contribution >= 4 is 19.0 Å². The van der Waals surface area contributed by atoms with Crippen LogP contribution < -0.4 is 5.46 Å². The minimum Gasteiger partial charge on any atom is -0.387 e. The third kappa shape index (κ3) is 4.05. The molecule has 0 bridgehead atoms. The van der Waals surface area contributed by atoms with E-state index in [1.807, 2.05) is 6.92 Å². The van der Waals surface area contributed by atoms with Crippen molar-refractivity contribution in [2.45, 2.75) is 45.8 Å². The number of halogens is 1. The van der Waals surface area contributed by atoms with Crippen molar-refractivity contribution in [3.63, 3.8) is 0 Å². The Morgan fingerprint density at radius 3 is 2.10 bits per heavy atom. The average molecular weight is 278 g/mol. The van der Waals surface area contributed by atoms with Gasteiger partial charge < -0.3 is 14.6 Å². The van der Waals surface area contributed by atoms with Crippen molar-refractivity contribution < 1.29 is 14.6 Å². The summed E-state index contributed by atoms with van der Waals surface area (Å²) in [6.07, 6.45) is 3.37. The van der Waals surface area contributed by atoms with Crippen LogP contribution in [0.2, 0.25) is 0 Å². The summed E-state index contributed by atoms with van der Waals surface area (Å²) in [7, 11) is 5.45. The van der Waals surface area contributed by atoms with Crippen LogP contribution in [0.5, 0.6) is 0 Å². The van der Waals surface area contributed by atoms with Crippen LogP contribution in [-0.2, 0) is 0 Å². The van der Waals surface area contributed by atoms with Gasteiger partial charge in [0.1, 0.15) is 7.85 Å². The molecule has 0 aliphatic rings. The third-order valence-electron chi connectivity index (χ3n) is 3.15. The number of hydrogen-bond acceptors (Lipinski definition) is 3. The van der Waals surface area contributed by atoms with Crippen LogP contribution in [0.1, 0.15) is 33.4 Å². The molecule has 0 spiro atoms. The molecule has 0 aromatic carbocycles. The van der Waals surface area contributed by atoms with E-state index >= 15 is 0 Å². The topological polar surface area (TPSA) is 57.8 Å². The van der Waals surface area contributed by atoms with Crippen LogP contribution >= 0.6 is 0 Å². The largest absolute Gasteiger partial charge is 0.387 e. The fraction of sp³-hybridized carbons (Fsp3) is 0.500.